The second kappa shape index (κ2) is 7.35. The number of amides is 1. The topological polar surface area (TPSA) is 110 Å². The molecule has 0 atom stereocenters. The second-order valence-corrected chi connectivity index (χ2v) is 6.21. The molecule has 2 N–H and O–H groups in total. The predicted octanol–water partition coefficient (Wildman–Crippen LogP) is 1.32. The van der Waals surface area contributed by atoms with Crippen LogP contribution in [0.2, 0.25) is 0 Å². The molecule has 8 nitrogen and oxygen atoms in total. The first-order valence-electron chi connectivity index (χ1n) is 7.24. The summed E-state index contributed by atoms with van der Waals surface area (Å²) in [5, 5.41) is 26.8. The van der Waals surface area contributed by atoms with Crippen LogP contribution in [0.25, 0.3) is 0 Å². The third-order valence-electron chi connectivity index (χ3n) is 3.60. The Hall–Kier alpha value is -1.96. The molecule has 0 spiro atoms. The first-order chi connectivity index (χ1) is 10.2. The summed E-state index contributed by atoms with van der Waals surface area (Å²) in [6.45, 7) is 7.63. The van der Waals surface area contributed by atoms with Crippen molar-refractivity contribution in [3.63, 3.8) is 0 Å². The zero-order chi connectivity index (χ0) is 16.9. The Morgan fingerprint density at radius 2 is 2.09 bits per heavy atom. The molecule has 124 valence electrons. The van der Waals surface area contributed by atoms with E-state index in [0.717, 1.165) is 12.8 Å². The van der Waals surface area contributed by atoms with E-state index in [1.165, 1.54) is 4.68 Å². The highest BCUT2D eigenvalue weighted by Crippen LogP contribution is 2.22. The number of aryl methyl sites for hydroxylation is 1. The summed E-state index contributed by atoms with van der Waals surface area (Å²) in [6.07, 6.45) is 1.56. The number of carbonyl (C=O) groups excluding carboxylic acids is 1. The zero-order valence-corrected chi connectivity index (χ0v) is 13.5. The van der Waals surface area contributed by atoms with Crippen LogP contribution in [0, 0.1) is 29.4 Å². The molecule has 22 heavy (non-hydrogen) atoms. The van der Waals surface area contributed by atoms with Crippen molar-refractivity contribution in [3.05, 3.63) is 21.5 Å². The molecule has 0 saturated carbocycles. The number of nitrogens with zero attached hydrogens (tertiary/aromatic N) is 3. The predicted molar refractivity (Wildman–Crippen MR) is 81.5 cm³/mol. The van der Waals surface area contributed by atoms with Gasteiger partial charge in [-0.15, -0.1) is 0 Å². The van der Waals surface area contributed by atoms with Gasteiger partial charge in [0, 0.05) is 13.2 Å². The van der Waals surface area contributed by atoms with Crippen LogP contribution >= 0.6 is 0 Å². The van der Waals surface area contributed by atoms with E-state index in [1.54, 1.807) is 13.8 Å². The summed E-state index contributed by atoms with van der Waals surface area (Å²) in [4.78, 5) is 22.3. The van der Waals surface area contributed by atoms with E-state index in [4.69, 9.17) is 5.11 Å². The van der Waals surface area contributed by atoms with Crippen molar-refractivity contribution in [1.82, 2.24) is 15.1 Å². The molecule has 0 aliphatic carbocycles. The normalized spacial score (nSPS) is 11.5. The van der Waals surface area contributed by atoms with Gasteiger partial charge >= 0.3 is 5.69 Å². The molecule has 0 fully saturated rings. The fourth-order valence-corrected chi connectivity index (χ4v) is 2.17. The maximum atomic E-state index is 11.9. The van der Waals surface area contributed by atoms with E-state index in [-0.39, 0.29) is 30.2 Å². The Morgan fingerprint density at radius 3 is 2.59 bits per heavy atom. The van der Waals surface area contributed by atoms with Crippen molar-refractivity contribution in [2.24, 2.45) is 5.41 Å². The molecule has 0 aliphatic rings. The minimum absolute atomic E-state index is 0.0378. The maximum absolute atomic E-state index is 11.9. The lowest BCUT2D eigenvalue weighted by atomic mass is 9.89. The molecule has 0 aliphatic heterocycles. The number of nitrogens with one attached hydrogen (secondary N) is 1. The second-order valence-electron chi connectivity index (χ2n) is 6.21. The van der Waals surface area contributed by atoms with Crippen LogP contribution in [-0.4, -0.2) is 38.9 Å². The van der Waals surface area contributed by atoms with Crippen molar-refractivity contribution in [1.29, 1.82) is 0 Å². The minimum Gasteiger partial charge on any atom is -0.396 e. The van der Waals surface area contributed by atoms with E-state index >= 15 is 0 Å². The first kappa shape index (κ1) is 18.1. The quantitative estimate of drug-likeness (QED) is 0.427. The van der Waals surface area contributed by atoms with Gasteiger partial charge in [-0.1, -0.05) is 13.8 Å². The molecular formula is C14H24N4O4. The van der Waals surface area contributed by atoms with Gasteiger partial charge in [0.05, 0.1) is 4.92 Å². The summed E-state index contributed by atoms with van der Waals surface area (Å²) in [5.74, 6) is -0.234. The van der Waals surface area contributed by atoms with Crippen LogP contribution < -0.4 is 5.32 Å². The molecule has 8 heteroatoms. The Bertz CT molecular complexity index is 551. The molecule has 0 bridgehead atoms. The van der Waals surface area contributed by atoms with Gasteiger partial charge in [0.25, 0.3) is 0 Å². The molecular weight excluding hydrogens is 288 g/mol. The number of rotatable bonds is 8. The monoisotopic (exact) mass is 312 g/mol. The molecule has 0 saturated heterocycles. The van der Waals surface area contributed by atoms with Gasteiger partial charge < -0.3 is 10.4 Å². The SMILES string of the molecule is Cc1nn(CC(=O)NCCCC(C)(C)CO)c(C)c1[N+](=O)[O-]. The third-order valence-corrected chi connectivity index (χ3v) is 3.60. The van der Waals surface area contributed by atoms with Gasteiger partial charge in [-0.2, -0.15) is 5.10 Å². The van der Waals surface area contributed by atoms with Crippen LogP contribution in [0.15, 0.2) is 0 Å². The van der Waals surface area contributed by atoms with E-state index in [0.29, 0.717) is 17.9 Å². The number of hydrogen-bond acceptors (Lipinski definition) is 5. The lowest BCUT2D eigenvalue weighted by molar-refractivity contribution is -0.386. The van der Waals surface area contributed by atoms with Crippen molar-refractivity contribution in [2.75, 3.05) is 13.2 Å². The first-order valence-corrected chi connectivity index (χ1v) is 7.24. The highest BCUT2D eigenvalue weighted by atomic mass is 16.6. The van der Waals surface area contributed by atoms with Crippen molar-refractivity contribution < 1.29 is 14.8 Å². The summed E-state index contributed by atoms with van der Waals surface area (Å²) in [6, 6.07) is 0. The van der Waals surface area contributed by atoms with Crippen LogP contribution in [0.3, 0.4) is 0 Å². The van der Waals surface area contributed by atoms with Crippen LogP contribution in [-0.2, 0) is 11.3 Å². The van der Waals surface area contributed by atoms with Gasteiger partial charge in [0.1, 0.15) is 17.9 Å². The molecule has 0 radical (unpaired) electrons. The molecule has 0 aromatic carbocycles. The molecule has 0 unspecified atom stereocenters. The van der Waals surface area contributed by atoms with Gasteiger partial charge in [-0.3, -0.25) is 19.6 Å². The number of aromatic nitrogens is 2. The van der Waals surface area contributed by atoms with Gasteiger partial charge in [0.15, 0.2) is 0 Å². The number of aliphatic hydroxyl groups is 1. The van der Waals surface area contributed by atoms with Crippen LogP contribution in [0.5, 0.6) is 0 Å². The minimum atomic E-state index is -0.483. The summed E-state index contributed by atoms with van der Waals surface area (Å²) in [5.41, 5.74) is 0.484. The molecule has 1 heterocycles. The number of carbonyl (C=O) groups is 1. The van der Waals surface area contributed by atoms with Gasteiger partial charge in [-0.05, 0) is 32.1 Å². The number of nitro groups is 1. The third kappa shape index (κ3) is 4.80. The Morgan fingerprint density at radius 1 is 1.45 bits per heavy atom. The Balaban J connectivity index is 2.50. The Labute approximate surface area is 129 Å². The summed E-state index contributed by atoms with van der Waals surface area (Å²) >= 11 is 0. The fraction of sp³-hybridized carbons (Fsp3) is 0.714. The van der Waals surface area contributed by atoms with E-state index in [2.05, 4.69) is 10.4 Å². The van der Waals surface area contributed by atoms with Crippen molar-refractivity contribution in [3.8, 4) is 0 Å². The Kier molecular flexibility index (Phi) is 6.04. The van der Waals surface area contributed by atoms with E-state index < -0.39 is 4.92 Å². The largest absolute Gasteiger partial charge is 0.396 e. The van der Waals surface area contributed by atoms with Crippen LogP contribution in [0.1, 0.15) is 38.1 Å². The van der Waals surface area contributed by atoms with Gasteiger partial charge in [-0.25, -0.2) is 0 Å². The molecule has 1 amide bonds. The smallest absolute Gasteiger partial charge is 0.312 e. The lowest BCUT2D eigenvalue weighted by Crippen LogP contribution is -2.30. The number of aliphatic hydroxyl groups excluding tert-OH is 1. The zero-order valence-electron chi connectivity index (χ0n) is 13.5. The van der Waals surface area contributed by atoms with Crippen molar-refractivity contribution >= 4 is 11.6 Å². The van der Waals surface area contributed by atoms with E-state index in [1.807, 2.05) is 13.8 Å². The summed E-state index contributed by atoms with van der Waals surface area (Å²) < 4.78 is 1.35. The highest BCUT2D eigenvalue weighted by Gasteiger charge is 2.22. The average Bonchev–Trinajstić information content (AvgIpc) is 2.69. The average molecular weight is 312 g/mol. The maximum Gasteiger partial charge on any atom is 0.312 e. The lowest BCUT2D eigenvalue weighted by Gasteiger charge is -2.21. The molecule has 1 rings (SSSR count). The molecule has 1 aromatic heterocycles. The standard InChI is InChI=1S/C14H24N4O4/c1-10-13(18(21)22)11(2)17(16-10)8-12(20)15-7-5-6-14(3,4)9-19/h19H,5-9H2,1-4H3,(H,15,20). The van der Waals surface area contributed by atoms with Crippen molar-refractivity contribution in [2.45, 2.75) is 47.1 Å². The highest BCUT2D eigenvalue weighted by molar-refractivity contribution is 5.75. The number of hydrogen-bond donors (Lipinski definition) is 2. The summed E-state index contributed by atoms with van der Waals surface area (Å²) in [7, 11) is 0. The van der Waals surface area contributed by atoms with Crippen LogP contribution in [0.4, 0.5) is 5.69 Å². The molecule has 1 aromatic rings. The fourth-order valence-electron chi connectivity index (χ4n) is 2.17. The van der Waals surface area contributed by atoms with Gasteiger partial charge in [0.2, 0.25) is 5.91 Å². The van der Waals surface area contributed by atoms with E-state index in [9.17, 15) is 14.9 Å².